The van der Waals surface area contributed by atoms with Crippen molar-refractivity contribution < 1.29 is 9.59 Å². The molecule has 1 atom stereocenters. The molecule has 2 heterocycles. The highest BCUT2D eigenvalue weighted by atomic mass is 79.9. The van der Waals surface area contributed by atoms with Crippen LogP contribution in [0.5, 0.6) is 0 Å². The van der Waals surface area contributed by atoms with Crippen LogP contribution in [0.4, 0.5) is 5.69 Å². The molecule has 0 aliphatic carbocycles. The van der Waals surface area contributed by atoms with Crippen molar-refractivity contribution in [3.8, 4) is 0 Å². The minimum Gasteiger partial charge on any atom is -0.320 e. The molecule has 1 fully saturated rings. The van der Waals surface area contributed by atoms with Gasteiger partial charge in [0.1, 0.15) is 5.82 Å². The summed E-state index contributed by atoms with van der Waals surface area (Å²) in [6.45, 7) is 0.742. The Morgan fingerprint density at radius 3 is 2.45 bits per heavy atom. The van der Waals surface area contributed by atoms with Crippen LogP contribution in [0, 0.1) is 0 Å². The molecule has 0 spiro atoms. The number of amides is 1. The van der Waals surface area contributed by atoms with Gasteiger partial charge in [-0.05, 0) is 36.4 Å². The predicted molar refractivity (Wildman–Crippen MR) is 124 cm³/mol. The Bertz CT molecular complexity index is 1270. The topological polar surface area (TPSA) is 55.2 Å². The summed E-state index contributed by atoms with van der Waals surface area (Å²) in [6.07, 6.45) is 0.374. The Hall–Kier alpha value is -3.25. The van der Waals surface area contributed by atoms with E-state index >= 15 is 0 Å². The molecule has 0 bridgehead atoms. The van der Waals surface area contributed by atoms with Crippen molar-refractivity contribution in [2.24, 2.45) is 0 Å². The Morgan fingerprint density at radius 1 is 0.968 bits per heavy atom. The lowest BCUT2D eigenvalue weighted by molar-refractivity contribution is -0.117. The summed E-state index contributed by atoms with van der Waals surface area (Å²) >= 11 is 3.44. The van der Waals surface area contributed by atoms with Crippen LogP contribution in [-0.2, 0) is 11.3 Å². The van der Waals surface area contributed by atoms with Gasteiger partial charge in [0.25, 0.3) is 0 Å². The van der Waals surface area contributed by atoms with Gasteiger partial charge in [-0.3, -0.25) is 9.59 Å². The number of fused-ring (bicyclic) bond motifs is 1. The summed E-state index contributed by atoms with van der Waals surface area (Å²) in [4.78, 5) is 32.4. The van der Waals surface area contributed by atoms with Gasteiger partial charge in [-0.25, -0.2) is 4.98 Å². The normalized spacial score (nSPS) is 16.2. The Balaban J connectivity index is 1.50. The number of imidazole rings is 1. The monoisotopic (exact) mass is 473 g/mol. The zero-order valence-corrected chi connectivity index (χ0v) is 18.3. The SMILES string of the molecule is O=C(Cn1c(C2CC(=O)N(c3ccc(Br)cc3)C2)nc2ccccc21)c1ccccc1. The number of hydrogen-bond acceptors (Lipinski definition) is 3. The Kier molecular flexibility index (Phi) is 5.16. The summed E-state index contributed by atoms with van der Waals surface area (Å²) in [7, 11) is 0. The van der Waals surface area contributed by atoms with E-state index in [1.54, 1.807) is 4.90 Å². The number of halogens is 1. The highest BCUT2D eigenvalue weighted by Gasteiger charge is 2.35. The van der Waals surface area contributed by atoms with Crippen LogP contribution < -0.4 is 4.90 Å². The Morgan fingerprint density at radius 2 is 1.68 bits per heavy atom. The average Bonchev–Trinajstić information content (AvgIpc) is 3.35. The van der Waals surface area contributed by atoms with Crippen LogP contribution in [0.25, 0.3) is 11.0 Å². The van der Waals surface area contributed by atoms with E-state index in [2.05, 4.69) is 15.9 Å². The van der Waals surface area contributed by atoms with Crippen LogP contribution in [0.1, 0.15) is 28.5 Å². The predicted octanol–water partition coefficient (Wildman–Crippen LogP) is 5.20. The zero-order valence-electron chi connectivity index (χ0n) is 16.7. The van der Waals surface area contributed by atoms with E-state index in [-0.39, 0.29) is 24.2 Å². The third-order valence-corrected chi connectivity index (χ3v) is 6.24. The lowest BCUT2D eigenvalue weighted by Crippen LogP contribution is -2.24. The number of ketones is 1. The van der Waals surface area contributed by atoms with Crippen LogP contribution in [0.3, 0.4) is 0 Å². The number of Topliss-reactive ketones (excluding diaryl/α,β-unsaturated/α-hetero) is 1. The maximum atomic E-state index is 13.0. The maximum Gasteiger partial charge on any atom is 0.227 e. The van der Waals surface area contributed by atoms with E-state index in [0.29, 0.717) is 18.5 Å². The lowest BCUT2D eigenvalue weighted by atomic mass is 10.1. The number of rotatable bonds is 5. The molecular weight excluding hydrogens is 454 g/mol. The second-order valence-electron chi connectivity index (χ2n) is 7.72. The standard InChI is InChI=1S/C25H20BrN3O2/c26-19-10-12-20(13-11-19)28-15-18(14-24(28)31)25-27-21-8-4-5-9-22(21)29(25)16-23(30)17-6-2-1-3-7-17/h1-13,18H,14-16H2. The van der Waals surface area contributed by atoms with E-state index in [4.69, 9.17) is 4.98 Å². The summed E-state index contributed by atoms with van der Waals surface area (Å²) in [5.74, 6) is 0.810. The van der Waals surface area contributed by atoms with Gasteiger partial charge in [0.15, 0.2) is 5.78 Å². The van der Waals surface area contributed by atoms with Crippen molar-refractivity contribution in [1.29, 1.82) is 0 Å². The summed E-state index contributed by atoms with van der Waals surface area (Å²) in [5, 5.41) is 0. The van der Waals surface area contributed by atoms with Crippen LogP contribution in [-0.4, -0.2) is 27.8 Å². The molecule has 1 unspecified atom stereocenters. The molecule has 3 aromatic carbocycles. The molecule has 0 N–H and O–H groups in total. The molecule has 31 heavy (non-hydrogen) atoms. The van der Waals surface area contributed by atoms with Crippen molar-refractivity contribution in [3.05, 3.63) is 94.7 Å². The molecule has 5 rings (SSSR count). The molecular formula is C25H20BrN3O2. The lowest BCUT2D eigenvalue weighted by Gasteiger charge is -2.17. The fourth-order valence-electron chi connectivity index (χ4n) is 4.18. The summed E-state index contributed by atoms with van der Waals surface area (Å²) in [5.41, 5.74) is 3.30. The molecule has 4 aromatic rings. The van der Waals surface area contributed by atoms with Gasteiger partial charge < -0.3 is 9.47 Å². The number of aromatic nitrogens is 2. The number of benzene rings is 3. The number of nitrogens with zero attached hydrogens (tertiary/aromatic N) is 3. The quantitative estimate of drug-likeness (QED) is 0.374. The van der Waals surface area contributed by atoms with Crippen LogP contribution in [0.15, 0.2) is 83.3 Å². The van der Waals surface area contributed by atoms with E-state index in [1.165, 1.54) is 0 Å². The van der Waals surface area contributed by atoms with E-state index < -0.39 is 0 Å². The van der Waals surface area contributed by atoms with Gasteiger partial charge >= 0.3 is 0 Å². The van der Waals surface area contributed by atoms with Crippen molar-refractivity contribution in [3.63, 3.8) is 0 Å². The third kappa shape index (κ3) is 3.79. The van der Waals surface area contributed by atoms with Crippen LogP contribution in [0.2, 0.25) is 0 Å². The second kappa shape index (κ2) is 8.12. The smallest absolute Gasteiger partial charge is 0.227 e. The Labute approximate surface area is 188 Å². The largest absolute Gasteiger partial charge is 0.320 e. The first-order valence-corrected chi connectivity index (χ1v) is 11.0. The molecule has 6 heteroatoms. The van der Waals surface area contributed by atoms with Gasteiger partial charge in [0.2, 0.25) is 5.91 Å². The number of para-hydroxylation sites is 2. The number of anilines is 1. The molecule has 0 saturated carbocycles. The van der Waals surface area contributed by atoms with E-state index in [1.807, 2.05) is 83.4 Å². The molecule has 1 aliphatic rings. The first kappa shape index (κ1) is 19.7. The molecule has 1 aromatic heterocycles. The number of carbonyl (C=O) groups is 2. The van der Waals surface area contributed by atoms with Crippen molar-refractivity contribution in [1.82, 2.24) is 9.55 Å². The summed E-state index contributed by atoms with van der Waals surface area (Å²) in [6, 6.07) is 24.9. The molecule has 1 saturated heterocycles. The summed E-state index contributed by atoms with van der Waals surface area (Å²) < 4.78 is 2.95. The first-order valence-electron chi connectivity index (χ1n) is 10.2. The third-order valence-electron chi connectivity index (χ3n) is 5.71. The second-order valence-corrected chi connectivity index (χ2v) is 8.63. The van der Waals surface area contributed by atoms with Gasteiger partial charge in [-0.15, -0.1) is 0 Å². The van der Waals surface area contributed by atoms with Crippen LogP contribution >= 0.6 is 15.9 Å². The molecule has 1 aliphatic heterocycles. The fourth-order valence-corrected chi connectivity index (χ4v) is 4.45. The minimum absolute atomic E-state index is 0.0269. The zero-order chi connectivity index (χ0) is 21.4. The van der Waals surface area contributed by atoms with Gasteiger partial charge in [-0.2, -0.15) is 0 Å². The van der Waals surface area contributed by atoms with Crippen molar-refractivity contribution in [2.45, 2.75) is 18.9 Å². The molecule has 1 amide bonds. The van der Waals surface area contributed by atoms with Gasteiger partial charge in [0, 0.05) is 34.6 Å². The number of carbonyl (C=O) groups excluding carboxylic acids is 2. The van der Waals surface area contributed by atoms with E-state index in [9.17, 15) is 9.59 Å². The van der Waals surface area contributed by atoms with E-state index in [0.717, 1.165) is 27.0 Å². The molecule has 5 nitrogen and oxygen atoms in total. The number of hydrogen-bond donors (Lipinski definition) is 0. The molecule has 154 valence electrons. The molecule has 0 radical (unpaired) electrons. The maximum absolute atomic E-state index is 13.0. The fraction of sp³-hybridized carbons (Fsp3) is 0.160. The van der Waals surface area contributed by atoms with Crippen molar-refractivity contribution in [2.75, 3.05) is 11.4 Å². The van der Waals surface area contributed by atoms with Gasteiger partial charge in [0.05, 0.1) is 17.6 Å². The minimum atomic E-state index is -0.0767. The highest BCUT2D eigenvalue weighted by Crippen LogP contribution is 2.33. The average molecular weight is 474 g/mol. The highest BCUT2D eigenvalue weighted by molar-refractivity contribution is 9.10. The first-order chi connectivity index (χ1) is 15.1. The van der Waals surface area contributed by atoms with Crippen molar-refractivity contribution >= 4 is 44.3 Å². The van der Waals surface area contributed by atoms with Gasteiger partial charge in [-0.1, -0.05) is 58.4 Å².